The number of carbonyl (C=O) groups excluding carboxylic acids is 1. The van der Waals surface area contributed by atoms with Crippen LogP contribution in [0.2, 0.25) is 0 Å². The van der Waals surface area contributed by atoms with Crippen LogP contribution in [0.3, 0.4) is 0 Å². The van der Waals surface area contributed by atoms with E-state index in [9.17, 15) is 9.59 Å². The lowest BCUT2D eigenvalue weighted by Gasteiger charge is -2.26. The normalized spacial score (nSPS) is 12.0. The number of halogens is 3. The molecule has 0 radical (unpaired) electrons. The van der Waals surface area contributed by atoms with Gasteiger partial charge in [-0.25, -0.2) is 9.78 Å². The molecule has 0 saturated heterocycles. The van der Waals surface area contributed by atoms with E-state index in [1.807, 2.05) is 46.7 Å². The molecule has 32 heavy (non-hydrogen) atoms. The average Bonchev–Trinajstić information content (AvgIpc) is 3.20. The van der Waals surface area contributed by atoms with E-state index in [4.69, 9.17) is 15.9 Å². The average molecular weight is 519 g/mol. The molecule has 1 aromatic carbocycles. The summed E-state index contributed by atoms with van der Waals surface area (Å²) in [6.45, 7) is 0.779. The van der Waals surface area contributed by atoms with Gasteiger partial charge in [0.15, 0.2) is 5.13 Å². The Bertz CT molecular complexity index is 1020. The molecule has 0 saturated carbocycles. The van der Waals surface area contributed by atoms with Crippen molar-refractivity contribution in [1.29, 1.82) is 0 Å². The minimum absolute atomic E-state index is 0. The zero-order valence-corrected chi connectivity index (χ0v) is 19.9. The summed E-state index contributed by atoms with van der Waals surface area (Å²) >= 11 is 1.44. The van der Waals surface area contributed by atoms with Crippen LogP contribution in [0.4, 0.5) is 5.13 Å². The number of anilines is 1. The second kappa shape index (κ2) is 14.3. The Balaban J connectivity index is 0.00000320. The number of thiazole rings is 1. The molecule has 0 bridgehead atoms. The highest BCUT2D eigenvalue weighted by atomic mass is 35.5. The number of allylic oxidation sites excluding steroid dienone is 1. The molecule has 0 aliphatic carbocycles. The van der Waals surface area contributed by atoms with Gasteiger partial charge in [0, 0.05) is 35.9 Å². The minimum atomic E-state index is -0.880. The van der Waals surface area contributed by atoms with Crippen molar-refractivity contribution >= 4 is 71.8 Å². The summed E-state index contributed by atoms with van der Waals surface area (Å²) in [5.74, 6) is 6.03. The fraction of sp³-hybridized carbons (Fsp3) is 0.150. The van der Waals surface area contributed by atoms with Gasteiger partial charge in [-0.1, -0.05) is 24.3 Å². The second-order valence-electron chi connectivity index (χ2n) is 6.10. The summed E-state index contributed by atoms with van der Waals surface area (Å²) in [6.07, 6.45) is 8.34. The van der Waals surface area contributed by atoms with Crippen molar-refractivity contribution in [1.82, 2.24) is 9.88 Å². The van der Waals surface area contributed by atoms with E-state index in [2.05, 4.69) is 5.10 Å². The summed E-state index contributed by atoms with van der Waals surface area (Å²) in [5.41, 5.74) is 3.46. The van der Waals surface area contributed by atoms with Gasteiger partial charge in [0.2, 0.25) is 0 Å². The van der Waals surface area contributed by atoms with Crippen LogP contribution in [0.1, 0.15) is 12.0 Å². The lowest BCUT2D eigenvalue weighted by atomic mass is 10.1. The van der Waals surface area contributed by atoms with Gasteiger partial charge >= 0.3 is 5.97 Å². The van der Waals surface area contributed by atoms with Gasteiger partial charge in [0.25, 0.3) is 0 Å². The van der Waals surface area contributed by atoms with E-state index in [0.29, 0.717) is 11.7 Å². The van der Waals surface area contributed by atoms with Crippen LogP contribution in [0.5, 0.6) is 0 Å². The van der Waals surface area contributed by atoms with Crippen molar-refractivity contribution in [3.8, 4) is 11.3 Å². The molecule has 3 rings (SSSR count). The first kappa shape index (κ1) is 29.2. The Morgan fingerprint density at radius 2 is 2.03 bits per heavy atom. The van der Waals surface area contributed by atoms with Crippen molar-refractivity contribution in [2.24, 2.45) is 10.9 Å². The van der Waals surface area contributed by atoms with Gasteiger partial charge in [-0.2, -0.15) is 5.10 Å². The monoisotopic (exact) mass is 517 g/mol. The lowest BCUT2D eigenvalue weighted by molar-refractivity contribution is -0.136. The Kier molecular flexibility index (Phi) is 13.0. The van der Waals surface area contributed by atoms with Crippen molar-refractivity contribution in [3.63, 3.8) is 0 Å². The maximum atomic E-state index is 11.1. The van der Waals surface area contributed by atoms with E-state index in [1.165, 1.54) is 17.5 Å². The Morgan fingerprint density at radius 1 is 1.31 bits per heavy atom. The molecule has 0 spiro atoms. The molecule has 2 heterocycles. The number of nitrogens with two attached hydrogens (primary N) is 1. The number of carbonyl (C=O) groups is 1. The Morgan fingerprint density at radius 3 is 2.59 bits per heavy atom. The number of hydrazone groups is 1. The summed E-state index contributed by atoms with van der Waals surface area (Å²) in [7, 11) is 0. The number of hydrogen-bond acceptors (Lipinski definition) is 8. The number of rotatable bonds is 8. The lowest BCUT2D eigenvalue weighted by Crippen LogP contribution is -2.27. The maximum Gasteiger partial charge on any atom is 0.305 e. The molecule has 12 heteroatoms. The molecule has 8 nitrogen and oxygen atoms in total. The number of aromatic nitrogens is 1. The molecule has 0 atom stereocenters. The fourth-order valence-electron chi connectivity index (χ4n) is 2.75. The highest BCUT2D eigenvalue weighted by Crippen LogP contribution is 2.30. The first-order valence-corrected chi connectivity index (χ1v) is 9.62. The van der Waals surface area contributed by atoms with Gasteiger partial charge < -0.3 is 20.7 Å². The molecule has 1 aliphatic heterocycles. The number of carboxylic acid groups (broad SMARTS) is 1. The molecule has 1 aromatic heterocycles. The summed E-state index contributed by atoms with van der Waals surface area (Å²) in [5, 5.41) is 15.3. The Hall–Kier alpha value is -2.81. The third-order valence-corrected chi connectivity index (χ3v) is 5.04. The largest absolute Gasteiger partial charge is 0.481 e. The van der Waals surface area contributed by atoms with Gasteiger partial charge in [0.05, 0.1) is 24.5 Å². The third kappa shape index (κ3) is 7.71. The van der Waals surface area contributed by atoms with Crippen LogP contribution in [0, 0.1) is 0 Å². The molecule has 172 valence electrons. The van der Waals surface area contributed by atoms with Crippen LogP contribution in [-0.4, -0.2) is 46.2 Å². The highest BCUT2D eigenvalue weighted by Gasteiger charge is 2.18. The van der Waals surface area contributed by atoms with E-state index < -0.39 is 5.97 Å². The van der Waals surface area contributed by atoms with Crippen LogP contribution in [0.15, 0.2) is 65.0 Å². The zero-order valence-electron chi connectivity index (χ0n) is 16.7. The molecule has 3 N–H and O–H groups in total. The molecular formula is C20H22Cl3N5O3S. The number of benzene rings is 1. The highest BCUT2D eigenvalue weighted by molar-refractivity contribution is 7.14. The second-order valence-corrected chi connectivity index (χ2v) is 6.94. The van der Waals surface area contributed by atoms with Crippen molar-refractivity contribution < 1.29 is 14.7 Å². The smallest absolute Gasteiger partial charge is 0.305 e. The minimum Gasteiger partial charge on any atom is -0.481 e. The van der Waals surface area contributed by atoms with E-state index in [1.54, 1.807) is 23.3 Å². The maximum absolute atomic E-state index is 11.1. The zero-order chi connectivity index (χ0) is 20.6. The fourth-order valence-corrected chi connectivity index (χ4v) is 3.63. The Labute approximate surface area is 208 Å². The molecular weight excluding hydrogens is 497 g/mol. The molecule has 2 aromatic rings. The quantitative estimate of drug-likeness (QED) is 0.237. The third-order valence-electron chi connectivity index (χ3n) is 4.18. The van der Waals surface area contributed by atoms with Crippen LogP contribution in [-0.2, 0) is 9.59 Å². The van der Waals surface area contributed by atoms with Gasteiger partial charge in [0.1, 0.15) is 5.94 Å². The van der Waals surface area contributed by atoms with Crippen LogP contribution in [0.25, 0.3) is 11.3 Å². The molecule has 0 amide bonds. The van der Waals surface area contributed by atoms with E-state index in [0.717, 1.165) is 22.5 Å². The van der Waals surface area contributed by atoms with E-state index >= 15 is 0 Å². The van der Waals surface area contributed by atoms with Gasteiger partial charge in [-0.15, -0.1) is 48.6 Å². The number of nitrogens with zero attached hydrogens (tertiary/aromatic N) is 4. The summed E-state index contributed by atoms with van der Waals surface area (Å²) in [6, 6.07) is 7.66. The predicted octanol–water partition coefficient (Wildman–Crippen LogP) is 3.71. The van der Waals surface area contributed by atoms with Gasteiger partial charge in [-0.3, -0.25) is 4.79 Å². The topological polar surface area (TPSA) is 112 Å². The summed E-state index contributed by atoms with van der Waals surface area (Å²) in [4.78, 5) is 29.9. The number of carboxylic acids is 1. The van der Waals surface area contributed by atoms with Crippen molar-refractivity contribution in [2.75, 3.05) is 18.0 Å². The first-order chi connectivity index (χ1) is 14.1. The standard InChI is InChI=1S/C20H19N5O3S.3ClH/c21-22-13-15-1-3-16(4-2-15)18-14-29-20(23-18)25(10-7-19(27)28)17-5-8-24(9-6-17)11-12-26;;;/h1-6,8,11,13-14H,7,9-10,21H2,(H,27,28);3*1H. The first-order valence-electron chi connectivity index (χ1n) is 8.74. The number of aliphatic carboxylic acids is 1. The molecule has 0 fully saturated rings. The van der Waals surface area contributed by atoms with Crippen molar-refractivity contribution in [3.05, 3.63) is 65.5 Å². The molecule has 1 aliphatic rings. The van der Waals surface area contributed by atoms with Crippen molar-refractivity contribution in [2.45, 2.75) is 6.42 Å². The summed E-state index contributed by atoms with van der Waals surface area (Å²) < 4.78 is 0. The van der Waals surface area contributed by atoms with E-state index in [-0.39, 0.29) is 50.2 Å². The SMILES string of the molecule is Cl.Cl.Cl.NN=Cc1ccc(-c2csc(N(CCC(=O)O)C3=CCN(C=C=O)C=C3)n2)cc1. The molecule has 0 unspecified atom stereocenters. The van der Waals surface area contributed by atoms with Gasteiger partial charge in [-0.05, 0) is 17.7 Å². The van der Waals surface area contributed by atoms with Crippen LogP contribution < -0.4 is 10.7 Å². The number of hydrogen-bond donors (Lipinski definition) is 2. The van der Waals surface area contributed by atoms with Crippen LogP contribution >= 0.6 is 48.6 Å². The predicted molar refractivity (Wildman–Crippen MR) is 135 cm³/mol.